The number of esters is 1. The third-order valence-electron chi connectivity index (χ3n) is 5.16. The first-order valence-electron chi connectivity index (χ1n) is 11.8. The maximum atomic E-state index is 13.7. The third kappa shape index (κ3) is 9.42. The lowest BCUT2D eigenvalue weighted by Gasteiger charge is -2.31. The van der Waals surface area contributed by atoms with Gasteiger partial charge in [-0.25, -0.2) is 0 Å². The molecule has 0 aromatic heterocycles. The number of ether oxygens (including phenoxy) is 1. The largest absolute Gasteiger partial charge is 0.460 e. The van der Waals surface area contributed by atoms with Crippen LogP contribution in [0.25, 0.3) is 0 Å². The fraction of sp³-hybridized carbons (Fsp3) is 0.500. The Bertz CT molecular complexity index is 850. The lowest BCUT2D eigenvalue weighted by Crippen LogP contribution is -2.45. The summed E-state index contributed by atoms with van der Waals surface area (Å²) in [6.45, 7) is 8.38. The fourth-order valence-electron chi connectivity index (χ4n) is 3.62. The van der Waals surface area contributed by atoms with Gasteiger partial charge in [-0.15, -0.1) is 0 Å². The highest BCUT2D eigenvalue weighted by atomic mass is 31.2. The van der Waals surface area contributed by atoms with Crippen molar-refractivity contribution in [2.45, 2.75) is 65.4 Å². The van der Waals surface area contributed by atoms with Gasteiger partial charge in [0.25, 0.3) is 0 Å². The molecule has 33 heavy (non-hydrogen) atoms. The molecule has 6 nitrogen and oxygen atoms in total. The molecule has 0 aliphatic rings. The van der Waals surface area contributed by atoms with E-state index in [4.69, 9.17) is 13.8 Å². The molecule has 0 bridgehead atoms. The number of carbonyl (C=O) groups excluding carboxylic acids is 1. The average molecular weight is 476 g/mol. The molecule has 0 saturated carbocycles. The van der Waals surface area contributed by atoms with E-state index in [0.717, 1.165) is 11.1 Å². The van der Waals surface area contributed by atoms with Crippen molar-refractivity contribution in [2.24, 2.45) is 5.92 Å². The number of rotatable bonds is 15. The molecule has 2 aromatic carbocycles. The van der Waals surface area contributed by atoms with Crippen LogP contribution in [0.4, 0.5) is 0 Å². The Morgan fingerprint density at radius 1 is 0.909 bits per heavy atom. The molecule has 0 fully saturated rings. The Hall–Kier alpha value is -1.98. The Morgan fingerprint density at radius 2 is 1.45 bits per heavy atom. The summed E-state index contributed by atoms with van der Waals surface area (Å²) in [6.07, 6.45) is 1.73. The standard InChI is InChI=1S/C26H38NO5P/c1-5-31-33(29,32-6-2)25(18-17-22-13-9-7-10-14-22)27-24(19-21(3)4)26(28)30-20-23-15-11-8-12-16-23/h7-16,21,24-25,27H,5-6,17-20H2,1-4H3. The molecule has 0 heterocycles. The van der Waals surface area contributed by atoms with Crippen LogP contribution in [0, 0.1) is 5.92 Å². The molecule has 0 aliphatic carbocycles. The number of carbonyl (C=O) groups is 1. The summed E-state index contributed by atoms with van der Waals surface area (Å²) in [6, 6.07) is 18.9. The van der Waals surface area contributed by atoms with Crippen LogP contribution >= 0.6 is 7.60 Å². The van der Waals surface area contributed by atoms with Crippen LogP contribution in [0.5, 0.6) is 0 Å². The zero-order valence-electron chi connectivity index (χ0n) is 20.2. The first-order valence-corrected chi connectivity index (χ1v) is 13.4. The summed E-state index contributed by atoms with van der Waals surface area (Å²) in [4.78, 5) is 13.0. The molecule has 0 aliphatic heterocycles. The number of benzene rings is 2. The van der Waals surface area contributed by atoms with Crippen LogP contribution in [0.1, 0.15) is 51.7 Å². The molecule has 0 saturated heterocycles. The van der Waals surface area contributed by atoms with E-state index in [1.165, 1.54) is 0 Å². The van der Waals surface area contributed by atoms with Crippen molar-refractivity contribution in [3.05, 3.63) is 71.8 Å². The molecule has 0 radical (unpaired) electrons. The minimum absolute atomic E-state index is 0.194. The van der Waals surface area contributed by atoms with Crippen molar-refractivity contribution in [3.63, 3.8) is 0 Å². The minimum Gasteiger partial charge on any atom is -0.460 e. The quantitative estimate of drug-likeness (QED) is 0.253. The molecule has 182 valence electrons. The van der Waals surface area contributed by atoms with Gasteiger partial charge in [-0.2, -0.15) is 0 Å². The van der Waals surface area contributed by atoms with Crippen molar-refractivity contribution in [2.75, 3.05) is 13.2 Å². The maximum Gasteiger partial charge on any atom is 0.347 e. The van der Waals surface area contributed by atoms with Crippen molar-refractivity contribution >= 4 is 13.6 Å². The summed E-state index contributed by atoms with van der Waals surface area (Å²) in [5.41, 5.74) is 2.04. The number of hydrogen-bond acceptors (Lipinski definition) is 6. The summed E-state index contributed by atoms with van der Waals surface area (Å²) >= 11 is 0. The smallest absolute Gasteiger partial charge is 0.347 e. The normalized spacial score (nSPS) is 13.6. The number of aryl methyl sites for hydroxylation is 1. The van der Waals surface area contributed by atoms with Crippen LogP contribution in [0.2, 0.25) is 0 Å². The van der Waals surface area contributed by atoms with Crippen LogP contribution < -0.4 is 5.32 Å². The molecule has 2 rings (SSSR count). The Morgan fingerprint density at radius 3 is 1.97 bits per heavy atom. The highest BCUT2D eigenvalue weighted by molar-refractivity contribution is 7.54. The van der Waals surface area contributed by atoms with E-state index in [-0.39, 0.29) is 31.7 Å². The fourth-order valence-corrected chi connectivity index (χ4v) is 5.59. The highest BCUT2D eigenvalue weighted by Gasteiger charge is 2.38. The third-order valence-corrected chi connectivity index (χ3v) is 7.57. The molecule has 7 heteroatoms. The average Bonchev–Trinajstić information content (AvgIpc) is 2.80. The van der Waals surface area contributed by atoms with E-state index < -0.39 is 19.4 Å². The van der Waals surface area contributed by atoms with Gasteiger partial charge in [-0.05, 0) is 50.2 Å². The van der Waals surface area contributed by atoms with E-state index in [2.05, 4.69) is 5.32 Å². The molecule has 2 aromatic rings. The van der Waals surface area contributed by atoms with Gasteiger partial charge in [0.15, 0.2) is 0 Å². The van der Waals surface area contributed by atoms with Crippen molar-refractivity contribution in [3.8, 4) is 0 Å². The van der Waals surface area contributed by atoms with Crippen LogP contribution in [0.15, 0.2) is 60.7 Å². The van der Waals surface area contributed by atoms with Crippen LogP contribution in [-0.4, -0.2) is 31.0 Å². The molecule has 0 amide bonds. The summed E-state index contributed by atoms with van der Waals surface area (Å²) < 4.78 is 30.6. The second-order valence-electron chi connectivity index (χ2n) is 8.36. The monoisotopic (exact) mass is 475 g/mol. The topological polar surface area (TPSA) is 73.9 Å². The van der Waals surface area contributed by atoms with Crippen molar-refractivity contribution in [1.82, 2.24) is 5.32 Å². The van der Waals surface area contributed by atoms with Gasteiger partial charge in [-0.3, -0.25) is 14.7 Å². The molecule has 2 unspecified atom stereocenters. The van der Waals surface area contributed by atoms with Gasteiger partial charge in [-0.1, -0.05) is 74.5 Å². The molecule has 0 spiro atoms. The zero-order valence-corrected chi connectivity index (χ0v) is 21.1. The van der Waals surface area contributed by atoms with Gasteiger partial charge in [0.05, 0.1) is 13.2 Å². The Labute approximate surface area is 198 Å². The first kappa shape index (κ1) is 27.3. The second-order valence-corrected chi connectivity index (χ2v) is 10.6. The summed E-state index contributed by atoms with van der Waals surface area (Å²) in [5, 5.41) is 3.31. The van der Waals surface area contributed by atoms with E-state index in [9.17, 15) is 9.36 Å². The number of hydrogen-bond donors (Lipinski definition) is 1. The molecular weight excluding hydrogens is 437 g/mol. The minimum atomic E-state index is -3.50. The van der Waals surface area contributed by atoms with E-state index in [1.54, 1.807) is 13.8 Å². The lowest BCUT2D eigenvalue weighted by atomic mass is 10.0. The maximum absolute atomic E-state index is 13.7. The van der Waals surface area contributed by atoms with Crippen LogP contribution in [0.3, 0.4) is 0 Å². The van der Waals surface area contributed by atoms with E-state index in [0.29, 0.717) is 19.3 Å². The van der Waals surface area contributed by atoms with Crippen LogP contribution in [-0.2, 0) is 36.2 Å². The SMILES string of the molecule is CCOP(=O)(OCC)C(CCc1ccccc1)NC(CC(C)C)C(=O)OCc1ccccc1. The summed E-state index contributed by atoms with van der Waals surface area (Å²) in [7, 11) is -3.50. The molecule has 2 atom stereocenters. The van der Waals surface area contributed by atoms with Gasteiger partial charge < -0.3 is 13.8 Å². The van der Waals surface area contributed by atoms with E-state index in [1.807, 2.05) is 74.5 Å². The molecule has 1 N–H and O–H groups in total. The van der Waals surface area contributed by atoms with Gasteiger partial charge in [0.1, 0.15) is 18.4 Å². The van der Waals surface area contributed by atoms with Gasteiger partial charge in [0, 0.05) is 0 Å². The second kappa shape index (κ2) is 14.3. The highest BCUT2D eigenvalue weighted by Crippen LogP contribution is 2.53. The number of nitrogens with one attached hydrogen (secondary N) is 1. The van der Waals surface area contributed by atoms with Crippen molar-refractivity contribution < 1.29 is 23.1 Å². The Balaban J connectivity index is 2.20. The Kier molecular flexibility index (Phi) is 11.8. The predicted octanol–water partition coefficient (Wildman–Crippen LogP) is 5.96. The first-order chi connectivity index (χ1) is 15.9. The lowest BCUT2D eigenvalue weighted by molar-refractivity contribution is -0.148. The van der Waals surface area contributed by atoms with Gasteiger partial charge >= 0.3 is 13.6 Å². The summed E-state index contributed by atoms with van der Waals surface area (Å²) in [5.74, 6) is -0.762. The molecular formula is C26H38NO5P. The van der Waals surface area contributed by atoms with Crippen molar-refractivity contribution in [1.29, 1.82) is 0 Å². The van der Waals surface area contributed by atoms with Gasteiger partial charge in [0.2, 0.25) is 0 Å². The predicted molar refractivity (Wildman–Crippen MR) is 132 cm³/mol. The zero-order chi connectivity index (χ0) is 24.1. The van der Waals surface area contributed by atoms with E-state index >= 15 is 0 Å².